The first-order chi connectivity index (χ1) is 11.1. The van der Waals surface area contributed by atoms with Crippen LogP contribution in [-0.4, -0.2) is 30.6 Å². The fraction of sp³-hybridized carbons (Fsp3) is 0.294. The molecule has 0 aliphatic carbocycles. The van der Waals surface area contributed by atoms with Crippen molar-refractivity contribution in [2.45, 2.75) is 19.1 Å². The van der Waals surface area contributed by atoms with Crippen LogP contribution < -0.4 is 15.0 Å². The summed E-state index contributed by atoms with van der Waals surface area (Å²) in [5.74, 6) is 0.817. The van der Waals surface area contributed by atoms with Gasteiger partial charge in [0.15, 0.2) is 0 Å². The highest BCUT2D eigenvalue weighted by Crippen LogP contribution is 2.24. The minimum atomic E-state index is -0.775. The lowest BCUT2D eigenvalue weighted by Crippen LogP contribution is -2.54. The van der Waals surface area contributed by atoms with Crippen molar-refractivity contribution in [3.63, 3.8) is 0 Å². The maximum Gasteiger partial charge on any atom is 0.207 e. The number of pyridine rings is 1. The number of carbonyl (C=O) groups is 1. The molecule has 1 N–H and O–H groups in total. The summed E-state index contributed by atoms with van der Waals surface area (Å²) in [6, 6.07) is 11.4. The lowest BCUT2D eigenvalue weighted by Gasteiger charge is -2.40. The van der Waals surface area contributed by atoms with Crippen molar-refractivity contribution in [2.75, 3.05) is 18.0 Å². The van der Waals surface area contributed by atoms with Gasteiger partial charge in [-0.1, -0.05) is 12.1 Å². The van der Waals surface area contributed by atoms with Gasteiger partial charge in [0.25, 0.3) is 0 Å². The molecule has 0 bridgehead atoms. The van der Waals surface area contributed by atoms with Crippen LogP contribution in [-0.2, 0) is 4.79 Å². The zero-order valence-electron chi connectivity index (χ0n) is 13.4. The molecular weight excluding hydrogens is 278 g/mol. The summed E-state index contributed by atoms with van der Waals surface area (Å²) in [5, 5.41) is 2.54. The fourth-order valence-corrected chi connectivity index (χ4v) is 2.48. The first kappa shape index (κ1) is 13.1. The van der Waals surface area contributed by atoms with E-state index in [1.165, 1.54) is 0 Å². The molecule has 1 unspecified atom stereocenters. The molecule has 2 heterocycles. The molecule has 0 saturated carbocycles. The van der Waals surface area contributed by atoms with Gasteiger partial charge in [-0.3, -0.25) is 9.78 Å². The molecule has 3 rings (SSSR count). The van der Waals surface area contributed by atoms with Crippen molar-refractivity contribution < 1.29 is 10.9 Å². The van der Waals surface area contributed by atoms with Crippen molar-refractivity contribution in [3.8, 4) is 5.75 Å². The smallest absolute Gasteiger partial charge is 0.207 e. The molecule has 1 aliphatic heterocycles. The average molecular weight is 299 g/mol. The summed E-state index contributed by atoms with van der Waals surface area (Å²) in [6.45, 7) is 3.56. The van der Waals surface area contributed by atoms with Gasteiger partial charge < -0.3 is 15.0 Å². The molecule has 0 spiro atoms. The SMILES string of the molecule is [3H]C(=O)NC(C)c1ccc(OC2CN(c3ccncc3)C2)cc1. The maximum atomic E-state index is 10.8. The van der Waals surface area contributed by atoms with E-state index >= 15 is 0 Å². The molecular formula is C17H19N3O2. The molecule has 1 aromatic carbocycles. The van der Waals surface area contributed by atoms with E-state index in [2.05, 4.69) is 15.2 Å². The van der Waals surface area contributed by atoms with E-state index in [-0.39, 0.29) is 12.1 Å². The molecule has 1 fully saturated rings. The van der Waals surface area contributed by atoms with Gasteiger partial charge in [-0.05, 0) is 36.8 Å². The molecule has 1 atom stereocenters. The van der Waals surface area contributed by atoms with Crippen LogP contribution in [0.3, 0.4) is 0 Å². The highest BCUT2D eigenvalue weighted by Gasteiger charge is 2.28. The number of anilines is 1. The first-order valence-electron chi connectivity index (χ1n) is 7.80. The Balaban J connectivity index is 1.51. The molecule has 1 aliphatic rings. The van der Waals surface area contributed by atoms with Gasteiger partial charge in [0.1, 0.15) is 13.2 Å². The van der Waals surface area contributed by atoms with Crippen LogP contribution in [0.5, 0.6) is 5.75 Å². The predicted molar refractivity (Wildman–Crippen MR) is 84.9 cm³/mol. The van der Waals surface area contributed by atoms with E-state index in [9.17, 15) is 4.79 Å². The summed E-state index contributed by atoms with van der Waals surface area (Å²) in [4.78, 5) is 17.0. The number of rotatable bonds is 5. The molecule has 1 aromatic heterocycles. The summed E-state index contributed by atoms with van der Waals surface area (Å²) in [5.41, 5.74) is 2.11. The van der Waals surface area contributed by atoms with Crippen molar-refractivity contribution in [1.29, 1.82) is 0 Å². The lowest BCUT2D eigenvalue weighted by atomic mass is 10.1. The van der Waals surface area contributed by atoms with Gasteiger partial charge in [-0.2, -0.15) is 0 Å². The van der Waals surface area contributed by atoms with Gasteiger partial charge in [0.05, 0.1) is 19.1 Å². The first-order valence-corrected chi connectivity index (χ1v) is 7.30. The number of carbonyl (C=O) groups excluding carboxylic acids is 1. The van der Waals surface area contributed by atoms with Crippen molar-refractivity contribution in [3.05, 3.63) is 54.4 Å². The highest BCUT2D eigenvalue weighted by atomic mass is 16.5. The normalized spacial score (nSPS) is 16.4. The Morgan fingerprint density at radius 3 is 2.64 bits per heavy atom. The van der Waals surface area contributed by atoms with Crippen molar-refractivity contribution in [2.24, 2.45) is 0 Å². The number of hydrogen-bond donors (Lipinski definition) is 1. The minimum Gasteiger partial charge on any atom is -0.487 e. The number of nitrogens with zero attached hydrogens (tertiary/aromatic N) is 2. The third-order valence-corrected chi connectivity index (χ3v) is 3.83. The van der Waals surface area contributed by atoms with Crippen LogP contribution in [0.15, 0.2) is 48.8 Å². The van der Waals surface area contributed by atoms with E-state index in [0.29, 0.717) is 0 Å². The van der Waals surface area contributed by atoms with Gasteiger partial charge in [-0.15, -0.1) is 0 Å². The van der Waals surface area contributed by atoms with E-state index in [1.807, 2.05) is 43.3 Å². The summed E-state index contributed by atoms with van der Waals surface area (Å²) < 4.78 is 12.9. The number of ether oxygens (including phenoxy) is 1. The van der Waals surface area contributed by atoms with E-state index in [0.717, 1.165) is 30.1 Å². The van der Waals surface area contributed by atoms with Crippen LogP contribution in [0.2, 0.25) is 0 Å². The summed E-state index contributed by atoms with van der Waals surface area (Å²) in [7, 11) is 0. The van der Waals surface area contributed by atoms with E-state index < -0.39 is 6.39 Å². The Hall–Kier alpha value is -2.56. The zero-order chi connectivity index (χ0) is 16.2. The number of amides is 1. The van der Waals surface area contributed by atoms with Crippen LogP contribution in [0.25, 0.3) is 0 Å². The molecule has 1 amide bonds. The molecule has 114 valence electrons. The zero-order valence-corrected chi connectivity index (χ0v) is 12.4. The summed E-state index contributed by atoms with van der Waals surface area (Å²) in [6.07, 6.45) is 2.99. The second-order valence-electron chi connectivity index (χ2n) is 5.39. The van der Waals surface area contributed by atoms with Crippen LogP contribution in [0, 0.1) is 0 Å². The minimum absolute atomic E-state index is 0.180. The van der Waals surface area contributed by atoms with Gasteiger partial charge in [-0.25, -0.2) is 0 Å². The van der Waals surface area contributed by atoms with E-state index in [4.69, 9.17) is 6.11 Å². The number of hydrogen-bond acceptors (Lipinski definition) is 4. The molecule has 1 saturated heterocycles. The molecule has 0 radical (unpaired) electrons. The third-order valence-electron chi connectivity index (χ3n) is 3.83. The molecule has 2 aromatic rings. The lowest BCUT2D eigenvalue weighted by molar-refractivity contribution is -0.110. The fourth-order valence-electron chi connectivity index (χ4n) is 2.48. The van der Waals surface area contributed by atoms with Gasteiger partial charge >= 0.3 is 0 Å². The Morgan fingerprint density at radius 2 is 2.00 bits per heavy atom. The largest absolute Gasteiger partial charge is 0.487 e. The Labute approximate surface area is 131 Å². The molecule has 5 heteroatoms. The number of benzene rings is 1. The van der Waals surface area contributed by atoms with Crippen LogP contribution in [0.4, 0.5) is 5.69 Å². The second kappa shape index (κ2) is 6.47. The van der Waals surface area contributed by atoms with Crippen LogP contribution >= 0.6 is 0 Å². The van der Waals surface area contributed by atoms with Crippen LogP contribution in [0.1, 0.15) is 19.9 Å². The Bertz CT molecular complexity index is 657. The third kappa shape index (κ3) is 3.19. The quantitative estimate of drug-likeness (QED) is 0.860. The number of aromatic nitrogens is 1. The van der Waals surface area contributed by atoms with E-state index in [1.54, 1.807) is 12.4 Å². The Kier molecular flexibility index (Phi) is 3.86. The maximum absolute atomic E-state index is 10.8. The monoisotopic (exact) mass is 299 g/mol. The van der Waals surface area contributed by atoms with Crippen molar-refractivity contribution in [1.82, 2.24) is 10.3 Å². The molecule has 22 heavy (non-hydrogen) atoms. The highest BCUT2D eigenvalue weighted by molar-refractivity contribution is 5.48. The van der Waals surface area contributed by atoms with Gasteiger partial charge in [0, 0.05) is 18.1 Å². The average Bonchev–Trinajstić information content (AvgIpc) is 2.51. The Morgan fingerprint density at radius 1 is 1.32 bits per heavy atom. The summed E-state index contributed by atoms with van der Waals surface area (Å²) >= 11 is 0. The second-order valence-corrected chi connectivity index (χ2v) is 5.39. The molecule has 5 nitrogen and oxygen atoms in total. The predicted octanol–water partition coefficient (Wildman–Crippen LogP) is 2.16. The van der Waals surface area contributed by atoms with Crippen molar-refractivity contribution >= 4 is 12.1 Å². The standard InChI is InChI=1S/C17H19N3O2/c1-13(19-12-21)14-2-4-16(5-3-14)22-17-10-20(11-17)15-6-8-18-9-7-15/h2-9,12-13,17H,10-11H2,1H3,(H,19,21)/i12T. The van der Waals surface area contributed by atoms with Gasteiger partial charge in [0.2, 0.25) is 6.39 Å². The topological polar surface area (TPSA) is 54.5 Å². The number of nitrogens with one attached hydrogen (secondary N) is 1.